The first-order valence-corrected chi connectivity index (χ1v) is 27.5. The lowest BCUT2D eigenvalue weighted by Crippen LogP contribution is -2.30. The summed E-state index contributed by atoms with van der Waals surface area (Å²) in [4.78, 5) is 38.1. The molecule has 0 aromatic carbocycles. The molecule has 0 bridgehead atoms. The number of rotatable bonds is 48. The summed E-state index contributed by atoms with van der Waals surface area (Å²) in [5.41, 5.74) is 0. The molecule has 0 spiro atoms. The molecule has 380 valence electrons. The van der Waals surface area contributed by atoms with Crippen molar-refractivity contribution in [2.75, 3.05) is 13.2 Å². The molecule has 0 aliphatic carbocycles. The standard InChI is InChI=1S/C61H100O6/c1-4-7-10-13-16-19-22-25-27-29-31-33-36-39-42-45-48-51-54-60(63)66-57-58(56-65-59(62)53-50-47-44-41-38-35-24-21-18-15-12-9-6-3)67-61(64)55-52-49-46-43-40-37-34-32-30-28-26-23-20-17-14-11-8-5-2/h9,12,15-16,18-19,21-22,24-25,27-34,58H,4-8,10-11,13-14,17,20,23,26,35-57H2,1-3H3/b12-9+,18-15+,19-16+,24-21+,25-22+,29-27+,30-28+,33-31+,34-32+. The molecule has 0 rings (SSSR count). The van der Waals surface area contributed by atoms with E-state index in [4.69, 9.17) is 14.2 Å². The van der Waals surface area contributed by atoms with E-state index in [0.717, 1.165) is 128 Å². The predicted molar refractivity (Wildman–Crippen MR) is 288 cm³/mol. The Balaban J connectivity index is 4.50. The van der Waals surface area contributed by atoms with Gasteiger partial charge in [0.15, 0.2) is 6.10 Å². The number of carbonyl (C=O) groups excluding carboxylic acids is 3. The van der Waals surface area contributed by atoms with Crippen LogP contribution >= 0.6 is 0 Å². The van der Waals surface area contributed by atoms with Crippen LogP contribution in [0.2, 0.25) is 0 Å². The van der Waals surface area contributed by atoms with Crippen LogP contribution in [0.1, 0.15) is 239 Å². The van der Waals surface area contributed by atoms with E-state index in [1.54, 1.807) is 0 Å². The van der Waals surface area contributed by atoms with Gasteiger partial charge < -0.3 is 14.2 Å². The highest BCUT2D eigenvalue weighted by Crippen LogP contribution is 2.13. The second-order valence-corrected chi connectivity index (χ2v) is 17.9. The third-order valence-electron chi connectivity index (χ3n) is 11.4. The van der Waals surface area contributed by atoms with Crippen molar-refractivity contribution in [2.24, 2.45) is 0 Å². The first-order valence-electron chi connectivity index (χ1n) is 27.5. The molecule has 0 fully saturated rings. The van der Waals surface area contributed by atoms with Crippen LogP contribution in [0.15, 0.2) is 109 Å². The predicted octanol–water partition coefficient (Wildman–Crippen LogP) is 18.3. The smallest absolute Gasteiger partial charge is 0.306 e. The zero-order chi connectivity index (χ0) is 48.6. The van der Waals surface area contributed by atoms with Gasteiger partial charge in [-0.25, -0.2) is 0 Å². The second kappa shape index (κ2) is 54.7. The molecule has 0 radical (unpaired) electrons. The maximum Gasteiger partial charge on any atom is 0.306 e. The van der Waals surface area contributed by atoms with Crippen LogP contribution in [-0.4, -0.2) is 37.2 Å². The summed E-state index contributed by atoms with van der Waals surface area (Å²) < 4.78 is 16.8. The summed E-state index contributed by atoms with van der Waals surface area (Å²) in [6, 6.07) is 0. The summed E-state index contributed by atoms with van der Waals surface area (Å²) in [5, 5.41) is 0. The first kappa shape index (κ1) is 63.1. The molecule has 0 heterocycles. The molecule has 0 aromatic rings. The number of allylic oxidation sites excluding steroid dienone is 18. The number of hydrogen-bond acceptors (Lipinski definition) is 6. The number of carbonyl (C=O) groups is 3. The van der Waals surface area contributed by atoms with Crippen molar-refractivity contribution in [3.05, 3.63) is 109 Å². The minimum absolute atomic E-state index is 0.105. The monoisotopic (exact) mass is 929 g/mol. The summed E-state index contributed by atoms with van der Waals surface area (Å²) in [7, 11) is 0. The average Bonchev–Trinajstić information content (AvgIpc) is 3.33. The lowest BCUT2D eigenvalue weighted by molar-refractivity contribution is -0.167. The molecule has 0 aliphatic rings. The van der Waals surface area contributed by atoms with Crippen molar-refractivity contribution in [3.8, 4) is 0 Å². The Hall–Kier alpha value is -3.93. The Morgan fingerprint density at radius 3 is 0.955 bits per heavy atom. The zero-order valence-corrected chi connectivity index (χ0v) is 43.4. The number of esters is 3. The van der Waals surface area contributed by atoms with E-state index in [1.807, 2.05) is 0 Å². The van der Waals surface area contributed by atoms with Gasteiger partial charge in [0.1, 0.15) is 13.2 Å². The van der Waals surface area contributed by atoms with Crippen LogP contribution < -0.4 is 0 Å². The highest BCUT2D eigenvalue weighted by atomic mass is 16.6. The van der Waals surface area contributed by atoms with Gasteiger partial charge in [0.25, 0.3) is 0 Å². The lowest BCUT2D eigenvalue weighted by atomic mass is 10.1. The first-order chi connectivity index (χ1) is 33.0. The Kier molecular flexibility index (Phi) is 51.5. The van der Waals surface area contributed by atoms with Crippen molar-refractivity contribution in [1.29, 1.82) is 0 Å². The van der Waals surface area contributed by atoms with Crippen LogP contribution in [0.5, 0.6) is 0 Å². The Morgan fingerprint density at radius 1 is 0.313 bits per heavy atom. The molecule has 1 atom stereocenters. The summed E-state index contributed by atoms with van der Waals surface area (Å²) in [6.07, 6.45) is 73.5. The van der Waals surface area contributed by atoms with Gasteiger partial charge in [0.05, 0.1) is 0 Å². The van der Waals surface area contributed by atoms with E-state index in [0.29, 0.717) is 19.3 Å². The third kappa shape index (κ3) is 52.9. The van der Waals surface area contributed by atoms with Gasteiger partial charge >= 0.3 is 17.9 Å². The molecule has 6 nitrogen and oxygen atoms in total. The lowest BCUT2D eigenvalue weighted by Gasteiger charge is -2.18. The van der Waals surface area contributed by atoms with Crippen molar-refractivity contribution >= 4 is 17.9 Å². The minimum Gasteiger partial charge on any atom is -0.462 e. The zero-order valence-electron chi connectivity index (χ0n) is 43.4. The van der Waals surface area contributed by atoms with Crippen LogP contribution in [0, 0.1) is 0 Å². The number of ether oxygens (including phenoxy) is 3. The molecule has 0 N–H and O–H groups in total. The molecule has 0 saturated carbocycles. The molecular weight excluding hydrogens is 829 g/mol. The van der Waals surface area contributed by atoms with E-state index < -0.39 is 6.10 Å². The largest absolute Gasteiger partial charge is 0.462 e. The Bertz CT molecular complexity index is 1390. The maximum absolute atomic E-state index is 12.8. The average molecular weight is 929 g/mol. The van der Waals surface area contributed by atoms with Crippen molar-refractivity contribution in [2.45, 2.75) is 245 Å². The van der Waals surface area contributed by atoms with E-state index >= 15 is 0 Å². The summed E-state index contributed by atoms with van der Waals surface area (Å²) in [6.45, 7) is 6.41. The molecule has 1 unspecified atom stereocenters. The topological polar surface area (TPSA) is 78.9 Å². The number of unbranched alkanes of at least 4 members (excludes halogenated alkanes) is 25. The molecule has 67 heavy (non-hydrogen) atoms. The molecule has 0 saturated heterocycles. The van der Waals surface area contributed by atoms with Gasteiger partial charge in [-0.2, -0.15) is 0 Å². The molecule has 0 aliphatic heterocycles. The highest BCUT2D eigenvalue weighted by Gasteiger charge is 2.19. The van der Waals surface area contributed by atoms with E-state index in [2.05, 4.69) is 130 Å². The van der Waals surface area contributed by atoms with Gasteiger partial charge in [-0.3, -0.25) is 14.4 Å². The Morgan fingerprint density at radius 2 is 0.582 bits per heavy atom. The molecular formula is C61H100O6. The quantitative estimate of drug-likeness (QED) is 0.0262. The van der Waals surface area contributed by atoms with Gasteiger partial charge in [-0.05, 0) is 89.9 Å². The van der Waals surface area contributed by atoms with E-state index in [-0.39, 0.29) is 31.1 Å². The van der Waals surface area contributed by atoms with Gasteiger partial charge in [-0.1, -0.05) is 239 Å². The fraction of sp³-hybridized carbons (Fsp3) is 0.656. The van der Waals surface area contributed by atoms with E-state index in [9.17, 15) is 14.4 Å². The highest BCUT2D eigenvalue weighted by molar-refractivity contribution is 5.71. The Labute approximate surface area is 412 Å². The van der Waals surface area contributed by atoms with Crippen LogP contribution in [-0.2, 0) is 28.6 Å². The van der Waals surface area contributed by atoms with Crippen LogP contribution in [0.3, 0.4) is 0 Å². The summed E-state index contributed by atoms with van der Waals surface area (Å²) in [5.74, 6) is -0.964. The summed E-state index contributed by atoms with van der Waals surface area (Å²) >= 11 is 0. The molecule has 0 aromatic heterocycles. The van der Waals surface area contributed by atoms with Gasteiger partial charge in [-0.15, -0.1) is 0 Å². The second-order valence-electron chi connectivity index (χ2n) is 17.9. The fourth-order valence-corrected chi connectivity index (χ4v) is 7.27. The van der Waals surface area contributed by atoms with Crippen molar-refractivity contribution in [3.63, 3.8) is 0 Å². The molecule has 6 heteroatoms. The van der Waals surface area contributed by atoms with Gasteiger partial charge in [0.2, 0.25) is 0 Å². The third-order valence-corrected chi connectivity index (χ3v) is 11.4. The number of hydrogen-bond donors (Lipinski definition) is 0. The van der Waals surface area contributed by atoms with Crippen LogP contribution in [0.4, 0.5) is 0 Å². The van der Waals surface area contributed by atoms with E-state index in [1.165, 1.54) is 70.6 Å². The minimum atomic E-state index is -0.807. The normalized spacial score (nSPS) is 12.9. The van der Waals surface area contributed by atoms with Crippen molar-refractivity contribution < 1.29 is 28.6 Å². The SMILES string of the molecule is CC/C=C/C=C/C=C/CCCCCCCC(=O)OCC(COC(=O)CCCCCCC/C=C/C=C/C=C/C=C/CCCCC)OC(=O)CCCCCCC/C=C/C=C/CCCCCCCCC. The maximum atomic E-state index is 12.8. The fourth-order valence-electron chi connectivity index (χ4n) is 7.27. The van der Waals surface area contributed by atoms with Crippen LogP contribution in [0.25, 0.3) is 0 Å². The van der Waals surface area contributed by atoms with Gasteiger partial charge in [0, 0.05) is 19.3 Å². The molecule has 0 amide bonds. The van der Waals surface area contributed by atoms with Crippen molar-refractivity contribution in [1.82, 2.24) is 0 Å².